The third-order valence-corrected chi connectivity index (χ3v) is 0.412. The van der Waals surface area contributed by atoms with Gasteiger partial charge in [0, 0.05) is 0 Å². The smallest absolute Gasteiger partial charge is 0.245 e. The van der Waals surface area contributed by atoms with Crippen LogP contribution in [0.3, 0.4) is 0 Å². The molecule has 1 unspecified atom stereocenters. The normalized spacial score (nSPS) is 13.7. The van der Waals surface area contributed by atoms with Crippen LogP contribution < -0.4 is 5.73 Å². The predicted octanol–water partition coefficient (Wildman–Crippen LogP) is -1.15. The number of hydrogen-bond acceptors (Lipinski definition) is 2. The third kappa shape index (κ3) is 1.72. The lowest BCUT2D eigenvalue weighted by atomic mass is 10.4. The Morgan fingerprint density at radius 3 is 2.17 bits per heavy atom. The quantitative estimate of drug-likeness (QED) is 0.426. The molecule has 0 heterocycles. The fraction of sp³-hybridized carbons (Fsp3) is 0.667. The van der Waals surface area contributed by atoms with Crippen molar-refractivity contribution in [3.8, 4) is 0 Å². The van der Waals surface area contributed by atoms with Crippen molar-refractivity contribution in [2.24, 2.45) is 5.73 Å². The van der Waals surface area contributed by atoms with E-state index in [1.807, 2.05) is 0 Å². The molecular weight excluding hydrogens is 82.0 g/mol. The van der Waals surface area contributed by atoms with Gasteiger partial charge in [0.15, 0.2) is 0 Å². The van der Waals surface area contributed by atoms with Crippen LogP contribution in [0.1, 0.15) is 6.92 Å². The van der Waals surface area contributed by atoms with E-state index in [0.717, 1.165) is 0 Å². The molecule has 3 N–H and O–H groups in total. The third-order valence-electron chi connectivity index (χ3n) is 0.412. The minimum atomic E-state index is -1.01. The molecule has 0 aliphatic carbocycles. The standard InChI is InChI=1S/C3H7NO2/c1-2(5)3(4)6/h2,5H,1H3,(H2,4,6). The van der Waals surface area contributed by atoms with Crippen LogP contribution in [0.4, 0.5) is 0 Å². The fourth-order valence-corrected chi connectivity index (χ4v) is 0. The monoisotopic (exact) mass is 89.0 g/mol. The zero-order valence-electron chi connectivity index (χ0n) is 3.51. The minimum Gasteiger partial charge on any atom is -0.384 e. The second-order valence-corrected chi connectivity index (χ2v) is 1.08. The summed E-state index contributed by atoms with van der Waals surface area (Å²) in [6, 6.07) is 0. The molecule has 0 rings (SSSR count). The van der Waals surface area contributed by atoms with Gasteiger partial charge in [-0.1, -0.05) is 0 Å². The Morgan fingerprint density at radius 2 is 2.17 bits per heavy atom. The zero-order valence-corrected chi connectivity index (χ0v) is 3.51. The van der Waals surface area contributed by atoms with Crippen molar-refractivity contribution >= 4 is 5.91 Å². The Labute approximate surface area is 35.8 Å². The molecule has 0 aromatic heterocycles. The number of amides is 1. The van der Waals surface area contributed by atoms with E-state index < -0.39 is 12.0 Å². The highest BCUT2D eigenvalue weighted by molar-refractivity contribution is 5.77. The summed E-state index contributed by atoms with van der Waals surface area (Å²) < 4.78 is 0. The molecule has 0 radical (unpaired) electrons. The molecule has 0 fully saturated rings. The number of primary amides is 1. The Kier molecular flexibility index (Phi) is 1.60. The Balaban J connectivity index is 3.26. The SMILES string of the molecule is CC(O)C(N)=O. The van der Waals surface area contributed by atoms with Gasteiger partial charge in [0.25, 0.3) is 0 Å². The minimum absolute atomic E-state index is 0.685. The van der Waals surface area contributed by atoms with Gasteiger partial charge in [-0.25, -0.2) is 0 Å². The van der Waals surface area contributed by atoms with Crippen molar-refractivity contribution in [2.45, 2.75) is 13.0 Å². The maximum Gasteiger partial charge on any atom is 0.245 e. The fourth-order valence-electron chi connectivity index (χ4n) is 0. The van der Waals surface area contributed by atoms with Crippen LogP contribution in [0.25, 0.3) is 0 Å². The summed E-state index contributed by atoms with van der Waals surface area (Å²) in [6.45, 7) is 1.32. The van der Waals surface area contributed by atoms with Crippen LogP contribution in [0.5, 0.6) is 0 Å². The first-order valence-corrected chi connectivity index (χ1v) is 1.62. The van der Waals surface area contributed by atoms with E-state index >= 15 is 0 Å². The maximum absolute atomic E-state index is 9.67. The van der Waals surface area contributed by atoms with E-state index in [9.17, 15) is 4.79 Å². The summed E-state index contributed by atoms with van der Waals surface area (Å²) in [7, 11) is 0. The number of carbonyl (C=O) groups excluding carboxylic acids is 1. The van der Waals surface area contributed by atoms with Crippen LogP contribution in [-0.2, 0) is 4.79 Å². The highest BCUT2D eigenvalue weighted by atomic mass is 16.3. The number of aliphatic hydroxyl groups is 1. The molecule has 0 saturated heterocycles. The molecule has 0 aromatic carbocycles. The van der Waals surface area contributed by atoms with Crippen molar-refractivity contribution in [2.75, 3.05) is 0 Å². The lowest BCUT2D eigenvalue weighted by molar-refractivity contribution is -0.125. The Hall–Kier alpha value is -0.570. The lowest BCUT2D eigenvalue weighted by Gasteiger charge is -1.90. The number of nitrogens with two attached hydrogens (primary N) is 1. The number of aliphatic hydroxyl groups excluding tert-OH is 1. The molecule has 0 aromatic rings. The largest absolute Gasteiger partial charge is 0.384 e. The molecule has 0 spiro atoms. The lowest BCUT2D eigenvalue weighted by Crippen LogP contribution is -2.24. The Morgan fingerprint density at radius 1 is 2.00 bits per heavy atom. The van der Waals surface area contributed by atoms with E-state index in [-0.39, 0.29) is 0 Å². The van der Waals surface area contributed by atoms with Gasteiger partial charge in [-0.3, -0.25) is 4.79 Å². The van der Waals surface area contributed by atoms with E-state index in [4.69, 9.17) is 5.11 Å². The van der Waals surface area contributed by atoms with Crippen molar-refractivity contribution in [1.82, 2.24) is 0 Å². The van der Waals surface area contributed by atoms with E-state index in [1.54, 1.807) is 0 Å². The van der Waals surface area contributed by atoms with Crippen molar-refractivity contribution in [3.05, 3.63) is 0 Å². The summed E-state index contributed by atoms with van der Waals surface area (Å²) in [5.41, 5.74) is 4.55. The molecule has 6 heavy (non-hydrogen) atoms. The zero-order chi connectivity index (χ0) is 5.15. The second-order valence-electron chi connectivity index (χ2n) is 1.08. The highest BCUT2D eigenvalue weighted by Gasteiger charge is 1.98. The van der Waals surface area contributed by atoms with Crippen molar-refractivity contribution in [3.63, 3.8) is 0 Å². The van der Waals surface area contributed by atoms with E-state index in [1.165, 1.54) is 6.92 Å². The van der Waals surface area contributed by atoms with Gasteiger partial charge in [0.1, 0.15) is 6.10 Å². The summed E-state index contributed by atoms with van der Waals surface area (Å²) in [4.78, 5) is 9.67. The van der Waals surface area contributed by atoms with Crippen LogP contribution in [0.15, 0.2) is 0 Å². The molecule has 0 bridgehead atoms. The summed E-state index contributed by atoms with van der Waals surface area (Å²) in [6.07, 6.45) is -1.01. The topological polar surface area (TPSA) is 63.3 Å². The van der Waals surface area contributed by atoms with Gasteiger partial charge >= 0.3 is 0 Å². The molecule has 1 atom stereocenters. The molecule has 0 saturated carbocycles. The molecule has 0 aliphatic heterocycles. The number of rotatable bonds is 1. The van der Waals surface area contributed by atoms with Crippen LogP contribution in [0.2, 0.25) is 0 Å². The summed E-state index contributed by atoms with van der Waals surface area (Å²) >= 11 is 0. The van der Waals surface area contributed by atoms with E-state index in [0.29, 0.717) is 0 Å². The summed E-state index contributed by atoms with van der Waals surface area (Å²) in [5.74, 6) is -0.685. The first-order chi connectivity index (χ1) is 2.64. The maximum atomic E-state index is 9.67. The van der Waals surface area contributed by atoms with Crippen LogP contribution in [0, 0.1) is 0 Å². The van der Waals surface area contributed by atoms with Crippen LogP contribution >= 0.6 is 0 Å². The molecule has 3 heteroatoms. The molecule has 0 aliphatic rings. The number of carbonyl (C=O) groups is 1. The summed E-state index contributed by atoms with van der Waals surface area (Å²) in [5, 5.41) is 8.16. The molecule has 3 nitrogen and oxygen atoms in total. The second kappa shape index (κ2) is 1.77. The average molecular weight is 89.1 g/mol. The van der Waals surface area contributed by atoms with Gasteiger partial charge in [0.05, 0.1) is 0 Å². The molecular formula is C3H7NO2. The Bertz CT molecular complexity index is 59.8. The highest BCUT2D eigenvalue weighted by Crippen LogP contribution is 1.70. The molecule has 1 amide bonds. The molecule has 36 valence electrons. The predicted molar refractivity (Wildman–Crippen MR) is 20.9 cm³/mol. The first-order valence-electron chi connectivity index (χ1n) is 1.62. The van der Waals surface area contributed by atoms with Gasteiger partial charge in [-0.15, -0.1) is 0 Å². The van der Waals surface area contributed by atoms with E-state index in [2.05, 4.69) is 5.73 Å². The average Bonchev–Trinajstić information content (AvgIpc) is 1.36. The van der Waals surface area contributed by atoms with Gasteiger partial charge in [-0.05, 0) is 6.92 Å². The van der Waals surface area contributed by atoms with Crippen molar-refractivity contribution < 1.29 is 9.90 Å². The van der Waals surface area contributed by atoms with Crippen molar-refractivity contribution in [1.29, 1.82) is 0 Å². The van der Waals surface area contributed by atoms with Gasteiger partial charge in [0.2, 0.25) is 5.91 Å². The first kappa shape index (κ1) is 5.43. The van der Waals surface area contributed by atoms with Crippen LogP contribution in [-0.4, -0.2) is 17.1 Å². The van der Waals surface area contributed by atoms with Gasteiger partial charge in [-0.2, -0.15) is 0 Å². The van der Waals surface area contributed by atoms with Gasteiger partial charge < -0.3 is 10.8 Å². The number of hydrogen-bond donors (Lipinski definition) is 2.